The Morgan fingerprint density at radius 3 is 1.08 bits per heavy atom. The maximum atomic E-state index is 13.2. The maximum absolute atomic E-state index is 13.2. The molecular weight excluding hydrogens is 1000 g/mol. The molecule has 0 heterocycles. The molecule has 0 aliphatic carbocycles. The largest absolute Gasteiger partial charge is 0.509 e. The Kier molecular flexibility index (Phi) is 10.7. The number of phenolic OH excluding ortho intramolecular Hbond substituents is 23. The molecule has 0 unspecified atom stereocenters. The number of nitrogens with zero attached hydrogens (tertiary/aromatic N) is 1. The van der Waals surface area contributed by atoms with Crippen LogP contribution in [0.3, 0.4) is 0 Å². The third kappa shape index (κ3) is 5.95. The molecule has 0 fully saturated rings. The molecule has 9 aromatic rings. The van der Waals surface area contributed by atoms with E-state index in [4.69, 9.17) is 0 Å². The van der Waals surface area contributed by atoms with E-state index in [1.54, 1.807) is 0 Å². The van der Waals surface area contributed by atoms with Gasteiger partial charge in [-0.15, -0.1) is 4.91 Å². The summed E-state index contributed by atoms with van der Waals surface area (Å²) in [6.45, 7) is 0. The van der Waals surface area contributed by atoms with Gasteiger partial charge in [0.25, 0.3) is 0 Å². The number of hydrogen-bond acceptors (Lipinski definition) is 25. The predicted molar refractivity (Wildman–Crippen MR) is 283 cm³/mol. The summed E-state index contributed by atoms with van der Waals surface area (Å²) in [5.41, 5.74) is -12.0. The molecule has 0 bridgehead atoms. The van der Waals surface area contributed by atoms with Gasteiger partial charge >= 0.3 is 0 Å². The highest BCUT2D eigenvalue weighted by atomic mass is 16.4. The molecule has 9 aromatic carbocycles. The van der Waals surface area contributed by atoms with Crippen molar-refractivity contribution in [2.75, 3.05) is 0 Å². The van der Waals surface area contributed by atoms with E-state index < -0.39 is 242 Å². The van der Waals surface area contributed by atoms with E-state index in [0.717, 1.165) is 45.3 Å². The molecule has 0 radical (unpaired) electrons. The quantitative estimate of drug-likeness (QED) is 0.0288. The Labute approximate surface area is 424 Å². The van der Waals surface area contributed by atoms with Gasteiger partial charge < -0.3 is 117 Å². The van der Waals surface area contributed by atoms with Crippen LogP contribution in [-0.2, 0) is 0 Å². The number of fused-ring (bicyclic) bond motifs is 4. The molecule has 0 atom stereocenters. The Morgan fingerprint density at radius 1 is 0.224 bits per heavy atom. The van der Waals surface area contributed by atoms with E-state index in [-0.39, 0.29) is 10.9 Å². The smallest absolute Gasteiger partial charge is 0.205 e. The number of rotatable bonds is 5. The molecule has 25 nitrogen and oxygen atoms in total. The fourth-order valence-corrected chi connectivity index (χ4v) is 10.2. The first-order valence-electron chi connectivity index (χ1n) is 21.6. The summed E-state index contributed by atoms with van der Waals surface area (Å²) in [5.74, 6) is -31.7. The van der Waals surface area contributed by atoms with E-state index in [0.29, 0.717) is 0 Å². The Hall–Kier alpha value is -10.7. The summed E-state index contributed by atoms with van der Waals surface area (Å²) >= 11 is 0. The van der Waals surface area contributed by atoms with Crippen LogP contribution in [0.2, 0.25) is 0 Å². The predicted octanol–water partition coefficient (Wildman–Crippen LogP) is -2.11. The van der Waals surface area contributed by atoms with E-state index in [1.807, 2.05) is 0 Å². The molecule has 23 N–H and O–H groups in total. The Morgan fingerprint density at radius 2 is 0.526 bits per heavy atom. The van der Waals surface area contributed by atoms with Gasteiger partial charge in [-0.1, -0.05) is 0 Å². The highest BCUT2D eigenvalue weighted by molar-refractivity contribution is 6.47. The fraction of sp³-hybridized carbons (Fsp3) is 0. The summed E-state index contributed by atoms with van der Waals surface area (Å²) in [6, 6.07) is 0.839. The minimum Gasteiger partial charge on any atom is -0.509 e. The summed E-state index contributed by atoms with van der Waals surface area (Å²) in [5, 5.41) is 259. The van der Waals surface area contributed by atoms with Gasteiger partial charge in [0.2, 0.25) is 17.2 Å². The number of nitroso groups, excluding NO2 is 1. The highest BCUT2D eigenvalue weighted by Crippen LogP contribution is 2.67. The minimum atomic E-state index is -1.63. The second-order valence-electron chi connectivity index (χ2n) is 17.8. The van der Waals surface area contributed by atoms with Crippen molar-refractivity contribution in [3.8, 4) is 177 Å². The van der Waals surface area contributed by atoms with Crippen LogP contribution in [-0.4, -0.2) is 157 Å². The number of aromatic hydroxyl groups is 23. The van der Waals surface area contributed by atoms with Crippen LogP contribution in [0.25, 0.3) is 87.6 Å². The van der Waals surface area contributed by atoms with Gasteiger partial charge in [0.15, 0.2) is 86.2 Å². The highest BCUT2D eigenvalue weighted by Gasteiger charge is 2.40. The van der Waals surface area contributed by atoms with Gasteiger partial charge in [-0.05, 0) is 38.6 Å². The standard InChI is InChI=1S/C46H34B5NO24/c47-2-1-3(52-76)4-5(9-11-15(37(66)43(72)29(9)58)38(67)46(75)45(74)30(11)59)8-10(28(57)34(63)16(25(8)54)13-21(49)40(69)23(51)42(71)33(13)62)6(7(4)24(2)53)12-20(48)27(56)19(36(65)31(12)60)18-26(55)17-14(32(61)35(18)64)22(50)41(70)44(73)39(17)68/h1,53-75H,47-51H2. The minimum absolute atomic E-state index is 0.344. The normalized spacial score (nSPS) is 11.6. The monoisotopic (exact) mass is 1040 g/mol. The van der Waals surface area contributed by atoms with Gasteiger partial charge in [-0.3, -0.25) is 0 Å². The number of benzene rings is 9. The fourth-order valence-electron chi connectivity index (χ4n) is 10.2. The molecule has 0 spiro atoms. The van der Waals surface area contributed by atoms with Crippen molar-refractivity contribution >= 4 is 115 Å². The molecule has 0 amide bonds. The molecule has 0 saturated heterocycles. The van der Waals surface area contributed by atoms with Crippen LogP contribution in [0, 0.1) is 4.91 Å². The van der Waals surface area contributed by atoms with E-state index >= 15 is 0 Å². The molecule has 0 aliphatic rings. The summed E-state index contributed by atoms with van der Waals surface area (Å²) in [7, 11) is 5.36. The maximum Gasteiger partial charge on any atom is 0.205 e. The van der Waals surface area contributed by atoms with Crippen molar-refractivity contribution in [3.63, 3.8) is 0 Å². The first kappa shape index (κ1) is 50.3. The van der Waals surface area contributed by atoms with Crippen molar-refractivity contribution < 1.29 is 117 Å². The summed E-state index contributed by atoms with van der Waals surface area (Å²) in [6.07, 6.45) is 0. The van der Waals surface area contributed by atoms with Gasteiger partial charge in [0, 0.05) is 60.1 Å². The molecule has 9 rings (SSSR count). The Balaban J connectivity index is 1.63. The Bertz CT molecular complexity index is 4230. The molecule has 382 valence electrons. The summed E-state index contributed by atoms with van der Waals surface area (Å²) in [4.78, 5) is 13.2. The van der Waals surface area contributed by atoms with Gasteiger partial charge in [0.05, 0.1) is 27.5 Å². The first-order valence-corrected chi connectivity index (χ1v) is 21.6. The zero-order valence-electron chi connectivity index (χ0n) is 39.2. The topological polar surface area (TPSA) is 495 Å². The van der Waals surface area contributed by atoms with Crippen LogP contribution in [0.4, 0.5) is 5.69 Å². The van der Waals surface area contributed by atoms with Crippen molar-refractivity contribution in [1.82, 2.24) is 0 Å². The third-order valence-corrected chi connectivity index (χ3v) is 14.0. The van der Waals surface area contributed by atoms with Crippen LogP contribution in [0.5, 0.6) is 132 Å². The second-order valence-corrected chi connectivity index (χ2v) is 17.8. The van der Waals surface area contributed by atoms with Gasteiger partial charge in [-0.25, -0.2) is 0 Å². The lowest BCUT2D eigenvalue weighted by Crippen LogP contribution is -2.18. The molecule has 0 aliphatic heterocycles. The van der Waals surface area contributed by atoms with Crippen molar-refractivity contribution in [1.29, 1.82) is 0 Å². The lowest BCUT2D eigenvalue weighted by Gasteiger charge is -2.27. The average molecular weight is 1040 g/mol. The van der Waals surface area contributed by atoms with Gasteiger partial charge in [0.1, 0.15) is 73.7 Å². The number of hydrogen-bond donors (Lipinski definition) is 23. The van der Waals surface area contributed by atoms with Crippen molar-refractivity contribution in [2.45, 2.75) is 0 Å². The second kappa shape index (κ2) is 16.2. The molecule has 76 heavy (non-hydrogen) atoms. The van der Waals surface area contributed by atoms with Crippen LogP contribution in [0.15, 0.2) is 11.2 Å². The summed E-state index contributed by atoms with van der Waals surface area (Å²) < 4.78 is 0. The van der Waals surface area contributed by atoms with Crippen LogP contribution < -0.4 is 27.3 Å². The van der Waals surface area contributed by atoms with Crippen molar-refractivity contribution in [3.05, 3.63) is 11.0 Å². The van der Waals surface area contributed by atoms with Gasteiger partial charge in [-0.2, -0.15) is 0 Å². The third-order valence-electron chi connectivity index (χ3n) is 14.0. The first-order chi connectivity index (χ1) is 35.4. The van der Waals surface area contributed by atoms with Crippen LogP contribution in [0.1, 0.15) is 0 Å². The SMILES string of the molecule is Bc1cc(N=O)c2c(-c3c(O)c(O)c(O)c4c(O)c(O)c(O)c(O)c34)c3c(O)c(-c4c(B)c(O)c(B)c(O)c4O)c(O)c(O)c3c(-c3c(B)c(O)c(-c4c(O)c(O)c5c(B)c(O)c(O)c(O)c5c4O)c(O)c3O)c2c1O. The average Bonchev–Trinajstić information content (AvgIpc) is 3.38. The molecule has 0 saturated carbocycles. The lowest BCUT2D eigenvalue weighted by atomic mass is 9.74. The van der Waals surface area contributed by atoms with E-state index in [9.17, 15) is 122 Å². The van der Waals surface area contributed by atoms with E-state index in [2.05, 4.69) is 5.18 Å². The van der Waals surface area contributed by atoms with Crippen molar-refractivity contribution in [2.24, 2.45) is 5.18 Å². The number of phenols is 23. The molecule has 30 heteroatoms. The lowest BCUT2D eigenvalue weighted by molar-refractivity contribution is 0.347. The molecule has 0 aromatic heterocycles. The zero-order valence-corrected chi connectivity index (χ0v) is 39.2. The zero-order chi connectivity index (χ0) is 56.4. The van der Waals surface area contributed by atoms with Crippen LogP contribution >= 0.6 is 0 Å². The van der Waals surface area contributed by atoms with E-state index in [1.165, 1.54) is 0 Å². The molecular formula is C46H34B5NO24.